The fourth-order valence-electron chi connectivity index (χ4n) is 3.31. The van der Waals surface area contributed by atoms with Gasteiger partial charge in [-0.2, -0.15) is 0 Å². The quantitative estimate of drug-likeness (QED) is 0.671. The highest BCUT2D eigenvalue weighted by molar-refractivity contribution is 6.35. The number of rotatable bonds is 6. The molecule has 2 aliphatic rings. The average molecular weight is 415 g/mol. The van der Waals surface area contributed by atoms with Crippen LogP contribution in [0.5, 0.6) is 5.75 Å². The third-order valence-corrected chi connectivity index (χ3v) is 5.37. The van der Waals surface area contributed by atoms with Gasteiger partial charge in [-0.15, -0.1) is 0 Å². The third kappa shape index (κ3) is 5.50. The van der Waals surface area contributed by atoms with Crippen LogP contribution in [0.3, 0.4) is 0 Å². The molecule has 2 aliphatic heterocycles. The van der Waals surface area contributed by atoms with Gasteiger partial charge < -0.3 is 19.3 Å². The van der Waals surface area contributed by atoms with Crippen LogP contribution in [0.25, 0.3) is 0 Å². The number of carbonyl (C=O) groups is 2. The molecule has 0 aliphatic carbocycles. The van der Waals surface area contributed by atoms with Crippen molar-refractivity contribution in [2.24, 2.45) is 0 Å². The van der Waals surface area contributed by atoms with Gasteiger partial charge in [0.1, 0.15) is 11.9 Å². The Labute approximate surface area is 169 Å². The molecule has 0 saturated carbocycles. The normalized spacial score (nSPS) is 20.0. The van der Waals surface area contributed by atoms with Crippen molar-refractivity contribution in [3.8, 4) is 5.75 Å². The number of halogens is 2. The summed E-state index contributed by atoms with van der Waals surface area (Å²) in [5.41, 5.74) is 0. The summed E-state index contributed by atoms with van der Waals surface area (Å²) in [6.45, 7) is 3.35. The highest BCUT2D eigenvalue weighted by Gasteiger charge is 2.31. The van der Waals surface area contributed by atoms with Crippen molar-refractivity contribution >= 4 is 35.0 Å². The number of amides is 2. The van der Waals surface area contributed by atoms with Gasteiger partial charge in [0, 0.05) is 44.2 Å². The summed E-state index contributed by atoms with van der Waals surface area (Å²) in [5.74, 6) is 0.715. The van der Waals surface area contributed by atoms with E-state index in [1.54, 1.807) is 18.2 Å². The smallest absolute Gasteiger partial charge is 0.251 e. The molecule has 0 bridgehead atoms. The molecule has 2 fully saturated rings. The second kappa shape index (κ2) is 9.62. The summed E-state index contributed by atoms with van der Waals surface area (Å²) in [4.78, 5) is 28.3. The Morgan fingerprint density at radius 3 is 2.56 bits per heavy atom. The predicted octanol–water partition coefficient (Wildman–Crippen LogP) is 3.00. The minimum atomic E-state index is -0.288. The lowest BCUT2D eigenvalue weighted by atomic mass is 10.2. The predicted molar refractivity (Wildman–Crippen MR) is 103 cm³/mol. The van der Waals surface area contributed by atoms with Crippen LogP contribution in [0.4, 0.5) is 0 Å². The highest BCUT2D eigenvalue weighted by atomic mass is 35.5. The fraction of sp³-hybridized carbons (Fsp3) is 0.579. The molecule has 2 saturated heterocycles. The van der Waals surface area contributed by atoms with E-state index in [1.807, 2.05) is 9.80 Å². The van der Waals surface area contributed by atoms with E-state index in [0.717, 1.165) is 12.8 Å². The SMILES string of the molecule is O=C(CCCOc1ccc(Cl)cc1Cl)N1CCN(C(=O)[C@@H]2CCCO2)CC1. The van der Waals surface area contributed by atoms with E-state index in [-0.39, 0.29) is 17.9 Å². The molecule has 6 nitrogen and oxygen atoms in total. The second-order valence-corrected chi connectivity index (χ2v) is 7.58. The van der Waals surface area contributed by atoms with Gasteiger partial charge in [0.15, 0.2) is 0 Å². The van der Waals surface area contributed by atoms with Gasteiger partial charge in [0.2, 0.25) is 5.91 Å². The van der Waals surface area contributed by atoms with Crippen LogP contribution in [0.1, 0.15) is 25.7 Å². The summed E-state index contributed by atoms with van der Waals surface area (Å²) in [7, 11) is 0. The first kappa shape index (κ1) is 20.2. The van der Waals surface area contributed by atoms with Crippen LogP contribution in [-0.2, 0) is 14.3 Å². The van der Waals surface area contributed by atoms with Crippen molar-refractivity contribution in [3.05, 3.63) is 28.2 Å². The first-order valence-corrected chi connectivity index (χ1v) is 10.1. The molecule has 0 unspecified atom stereocenters. The van der Waals surface area contributed by atoms with Crippen molar-refractivity contribution in [3.63, 3.8) is 0 Å². The van der Waals surface area contributed by atoms with Crippen LogP contribution < -0.4 is 4.74 Å². The van der Waals surface area contributed by atoms with Crippen molar-refractivity contribution in [2.45, 2.75) is 31.8 Å². The van der Waals surface area contributed by atoms with Crippen molar-refractivity contribution in [1.82, 2.24) is 9.80 Å². The molecule has 1 aromatic carbocycles. The van der Waals surface area contributed by atoms with Crippen molar-refractivity contribution < 1.29 is 19.1 Å². The summed E-state index contributed by atoms with van der Waals surface area (Å²) in [6.07, 6.45) is 2.47. The monoisotopic (exact) mass is 414 g/mol. The average Bonchev–Trinajstić information content (AvgIpc) is 3.21. The molecular formula is C19H24Cl2N2O4. The molecule has 8 heteroatoms. The van der Waals surface area contributed by atoms with E-state index in [0.29, 0.717) is 68.0 Å². The lowest BCUT2D eigenvalue weighted by molar-refractivity contribution is -0.146. The first-order valence-electron chi connectivity index (χ1n) is 9.30. The maximum atomic E-state index is 12.4. The Kier molecular flexibility index (Phi) is 7.21. The largest absolute Gasteiger partial charge is 0.492 e. The Balaban J connectivity index is 1.35. The lowest BCUT2D eigenvalue weighted by Gasteiger charge is -2.35. The van der Waals surface area contributed by atoms with Crippen LogP contribution in [0, 0.1) is 0 Å². The zero-order valence-electron chi connectivity index (χ0n) is 15.2. The van der Waals surface area contributed by atoms with Gasteiger partial charge in [0.05, 0.1) is 11.6 Å². The summed E-state index contributed by atoms with van der Waals surface area (Å²) < 4.78 is 11.1. The van der Waals surface area contributed by atoms with E-state index in [2.05, 4.69) is 0 Å². The Morgan fingerprint density at radius 1 is 1.15 bits per heavy atom. The molecule has 2 amide bonds. The Morgan fingerprint density at radius 2 is 1.89 bits per heavy atom. The minimum Gasteiger partial charge on any atom is -0.492 e. The number of hydrogen-bond donors (Lipinski definition) is 0. The zero-order chi connectivity index (χ0) is 19.2. The summed E-state index contributed by atoms with van der Waals surface area (Å²) in [6, 6.07) is 5.06. The van der Waals surface area contributed by atoms with Gasteiger partial charge >= 0.3 is 0 Å². The molecule has 0 aromatic heterocycles. The van der Waals surface area contributed by atoms with Crippen molar-refractivity contribution in [2.75, 3.05) is 39.4 Å². The van der Waals surface area contributed by atoms with Gasteiger partial charge in [-0.05, 0) is 37.5 Å². The number of hydrogen-bond acceptors (Lipinski definition) is 4. The van der Waals surface area contributed by atoms with E-state index in [1.165, 1.54) is 0 Å². The lowest BCUT2D eigenvalue weighted by Crippen LogP contribution is -2.52. The second-order valence-electron chi connectivity index (χ2n) is 6.73. The standard InChI is InChI=1S/C19H24Cl2N2O4/c20-14-5-6-16(15(21)13-14)26-12-2-4-18(24)22-7-9-23(10-8-22)19(25)17-3-1-11-27-17/h5-6,13,17H,1-4,7-12H2/t17-/m0/s1. The van der Waals surface area contributed by atoms with E-state index in [9.17, 15) is 9.59 Å². The van der Waals surface area contributed by atoms with Gasteiger partial charge in [-0.3, -0.25) is 9.59 Å². The molecule has 1 aromatic rings. The van der Waals surface area contributed by atoms with E-state index < -0.39 is 0 Å². The topological polar surface area (TPSA) is 59.1 Å². The molecule has 0 N–H and O–H groups in total. The molecule has 1 atom stereocenters. The molecular weight excluding hydrogens is 391 g/mol. The fourth-order valence-corrected chi connectivity index (χ4v) is 3.77. The summed E-state index contributed by atoms with van der Waals surface area (Å²) >= 11 is 11.9. The molecule has 3 rings (SSSR count). The van der Waals surface area contributed by atoms with Crippen LogP contribution in [-0.4, -0.2) is 67.1 Å². The molecule has 0 radical (unpaired) electrons. The van der Waals surface area contributed by atoms with Gasteiger partial charge in [-0.25, -0.2) is 0 Å². The minimum absolute atomic E-state index is 0.0628. The van der Waals surface area contributed by atoms with Gasteiger partial charge in [0.25, 0.3) is 5.91 Å². The number of piperazine rings is 1. The molecule has 148 valence electrons. The Hall–Kier alpha value is -1.50. The summed E-state index contributed by atoms with van der Waals surface area (Å²) in [5, 5.41) is 1.01. The number of benzene rings is 1. The van der Waals surface area contributed by atoms with Crippen LogP contribution >= 0.6 is 23.2 Å². The zero-order valence-corrected chi connectivity index (χ0v) is 16.7. The maximum absolute atomic E-state index is 12.4. The number of carbonyl (C=O) groups excluding carboxylic acids is 2. The van der Waals surface area contributed by atoms with Crippen molar-refractivity contribution in [1.29, 1.82) is 0 Å². The highest BCUT2D eigenvalue weighted by Crippen LogP contribution is 2.27. The molecule has 27 heavy (non-hydrogen) atoms. The number of ether oxygens (including phenoxy) is 2. The van der Waals surface area contributed by atoms with E-state index in [4.69, 9.17) is 32.7 Å². The van der Waals surface area contributed by atoms with E-state index >= 15 is 0 Å². The number of nitrogens with zero attached hydrogens (tertiary/aromatic N) is 2. The molecule has 2 heterocycles. The van der Waals surface area contributed by atoms with Crippen LogP contribution in [0.15, 0.2) is 18.2 Å². The first-order chi connectivity index (χ1) is 13.0. The molecule has 0 spiro atoms. The van der Waals surface area contributed by atoms with Crippen LogP contribution in [0.2, 0.25) is 10.0 Å². The maximum Gasteiger partial charge on any atom is 0.251 e. The van der Waals surface area contributed by atoms with Gasteiger partial charge in [-0.1, -0.05) is 23.2 Å². The Bertz CT molecular complexity index is 672. The third-order valence-electron chi connectivity index (χ3n) is 4.84.